The van der Waals surface area contributed by atoms with Crippen LogP contribution in [0, 0.1) is 5.92 Å². The maximum Gasteiger partial charge on any atom is 0.220 e. The molecule has 19 heavy (non-hydrogen) atoms. The quantitative estimate of drug-likeness (QED) is 0.667. The highest BCUT2D eigenvalue weighted by Crippen LogP contribution is 2.14. The normalized spacial score (nSPS) is 13.8. The molecule has 106 valence electrons. The molecule has 1 rings (SSSR count). The average Bonchev–Trinajstić information content (AvgIpc) is 2.44. The van der Waals surface area contributed by atoms with Gasteiger partial charge in [0.25, 0.3) is 0 Å². The van der Waals surface area contributed by atoms with E-state index in [-0.39, 0.29) is 18.6 Å². The van der Waals surface area contributed by atoms with E-state index in [9.17, 15) is 4.79 Å². The van der Waals surface area contributed by atoms with Gasteiger partial charge in [0.15, 0.2) is 0 Å². The van der Waals surface area contributed by atoms with Gasteiger partial charge in [-0.2, -0.15) is 0 Å². The van der Waals surface area contributed by atoms with Crippen LogP contribution in [-0.4, -0.2) is 24.2 Å². The molecule has 2 atom stereocenters. The fourth-order valence-corrected chi connectivity index (χ4v) is 1.85. The third-order valence-electron chi connectivity index (χ3n) is 3.18. The summed E-state index contributed by atoms with van der Waals surface area (Å²) in [6, 6.07) is 9.71. The predicted octanol–water partition coefficient (Wildman–Crippen LogP) is 1.60. The van der Waals surface area contributed by atoms with Crippen molar-refractivity contribution in [1.29, 1.82) is 0 Å². The summed E-state index contributed by atoms with van der Waals surface area (Å²) in [5.41, 5.74) is 7.09. The number of amides is 1. The molecule has 1 aromatic carbocycles. The van der Waals surface area contributed by atoms with Crippen molar-refractivity contribution in [3.63, 3.8) is 0 Å². The average molecular weight is 264 g/mol. The molecule has 0 aromatic heterocycles. The Morgan fingerprint density at radius 3 is 2.63 bits per heavy atom. The van der Waals surface area contributed by atoms with E-state index in [1.807, 2.05) is 37.3 Å². The summed E-state index contributed by atoms with van der Waals surface area (Å²) in [5, 5.41) is 11.6. The summed E-state index contributed by atoms with van der Waals surface area (Å²) in [6.07, 6.45) is 1.79. The molecule has 0 fully saturated rings. The van der Waals surface area contributed by atoms with Crippen molar-refractivity contribution < 1.29 is 9.90 Å². The number of hydrogen-bond acceptors (Lipinski definition) is 3. The molecule has 0 heterocycles. The number of aliphatic hydroxyl groups excluding tert-OH is 1. The second-order valence-corrected chi connectivity index (χ2v) is 4.98. The van der Waals surface area contributed by atoms with E-state index >= 15 is 0 Å². The van der Waals surface area contributed by atoms with Gasteiger partial charge in [-0.05, 0) is 24.3 Å². The summed E-state index contributed by atoms with van der Waals surface area (Å²) in [4.78, 5) is 11.7. The Morgan fingerprint density at radius 1 is 1.32 bits per heavy atom. The van der Waals surface area contributed by atoms with Crippen molar-refractivity contribution in [2.75, 3.05) is 13.2 Å². The van der Waals surface area contributed by atoms with Crippen LogP contribution in [0.25, 0.3) is 0 Å². The molecule has 0 aliphatic carbocycles. The minimum absolute atomic E-state index is 0.0242. The first-order valence-corrected chi connectivity index (χ1v) is 6.81. The Bertz CT molecular complexity index is 368. The topological polar surface area (TPSA) is 75.3 Å². The molecule has 0 saturated heterocycles. The van der Waals surface area contributed by atoms with Crippen LogP contribution < -0.4 is 11.1 Å². The second-order valence-electron chi connectivity index (χ2n) is 4.98. The van der Waals surface area contributed by atoms with Gasteiger partial charge in [0, 0.05) is 25.6 Å². The first kappa shape index (κ1) is 15.7. The van der Waals surface area contributed by atoms with Crippen molar-refractivity contribution >= 4 is 5.91 Å². The maximum atomic E-state index is 11.7. The predicted molar refractivity (Wildman–Crippen MR) is 76.5 cm³/mol. The largest absolute Gasteiger partial charge is 0.396 e. The zero-order valence-electron chi connectivity index (χ0n) is 11.5. The Labute approximate surface area is 115 Å². The molecular formula is C15H24N2O2. The van der Waals surface area contributed by atoms with Gasteiger partial charge in [0.2, 0.25) is 5.91 Å². The van der Waals surface area contributed by atoms with Crippen molar-refractivity contribution in [2.24, 2.45) is 11.7 Å². The third-order valence-corrected chi connectivity index (χ3v) is 3.18. The van der Waals surface area contributed by atoms with E-state index in [2.05, 4.69) is 5.32 Å². The minimum atomic E-state index is -0.0955. The molecule has 0 radical (unpaired) electrons. The first-order chi connectivity index (χ1) is 9.13. The number of benzene rings is 1. The molecule has 1 aromatic rings. The number of carbonyl (C=O) groups excluding carboxylic acids is 1. The molecule has 0 bridgehead atoms. The number of hydrogen-bond donors (Lipinski definition) is 3. The summed E-state index contributed by atoms with van der Waals surface area (Å²) < 4.78 is 0. The lowest BCUT2D eigenvalue weighted by molar-refractivity contribution is -0.121. The summed E-state index contributed by atoms with van der Waals surface area (Å²) in [5.74, 6) is 0.327. The van der Waals surface area contributed by atoms with Crippen LogP contribution in [0.15, 0.2) is 30.3 Å². The summed E-state index contributed by atoms with van der Waals surface area (Å²) in [7, 11) is 0. The highest BCUT2D eigenvalue weighted by atomic mass is 16.3. The molecule has 1 amide bonds. The van der Waals surface area contributed by atoms with E-state index in [0.29, 0.717) is 31.7 Å². The van der Waals surface area contributed by atoms with Crippen LogP contribution >= 0.6 is 0 Å². The molecule has 4 nitrogen and oxygen atoms in total. The van der Waals surface area contributed by atoms with E-state index in [4.69, 9.17) is 10.8 Å². The molecule has 4 N–H and O–H groups in total. The number of rotatable bonds is 8. The molecule has 4 heteroatoms. The molecule has 2 unspecified atom stereocenters. The Morgan fingerprint density at radius 2 is 2.00 bits per heavy atom. The number of aliphatic hydroxyl groups is 1. The number of carbonyl (C=O) groups is 1. The lowest BCUT2D eigenvalue weighted by Gasteiger charge is -2.13. The van der Waals surface area contributed by atoms with E-state index in [1.54, 1.807) is 0 Å². The highest BCUT2D eigenvalue weighted by molar-refractivity contribution is 5.75. The molecule has 0 spiro atoms. The van der Waals surface area contributed by atoms with Gasteiger partial charge in [0.05, 0.1) is 0 Å². The van der Waals surface area contributed by atoms with Crippen LogP contribution in [-0.2, 0) is 4.79 Å². The monoisotopic (exact) mass is 264 g/mol. The highest BCUT2D eigenvalue weighted by Gasteiger charge is 2.09. The van der Waals surface area contributed by atoms with Gasteiger partial charge in [0.1, 0.15) is 0 Å². The van der Waals surface area contributed by atoms with Crippen molar-refractivity contribution in [2.45, 2.75) is 32.2 Å². The van der Waals surface area contributed by atoms with Gasteiger partial charge in [-0.25, -0.2) is 0 Å². The minimum Gasteiger partial charge on any atom is -0.396 e. The fraction of sp³-hybridized carbons (Fsp3) is 0.533. The molecule has 0 aliphatic heterocycles. The molecule has 0 saturated carbocycles. The van der Waals surface area contributed by atoms with Crippen molar-refractivity contribution in [1.82, 2.24) is 5.32 Å². The standard InChI is InChI=1S/C15H24N2O2/c1-12(9-10-18)11-17-15(19)8-7-14(16)13-5-3-2-4-6-13/h2-6,12,14,18H,7-11,16H2,1H3,(H,17,19). The zero-order valence-corrected chi connectivity index (χ0v) is 11.5. The summed E-state index contributed by atoms with van der Waals surface area (Å²) in [6.45, 7) is 2.78. The summed E-state index contributed by atoms with van der Waals surface area (Å²) >= 11 is 0. The van der Waals surface area contributed by atoms with Crippen molar-refractivity contribution in [3.8, 4) is 0 Å². The number of nitrogens with two attached hydrogens (primary N) is 1. The van der Waals surface area contributed by atoms with Gasteiger partial charge in [-0.1, -0.05) is 37.3 Å². The maximum absolute atomic E-state index is 11.7. The Balaban J connectivity index is 2.23. The van der Waals surface area contributed by atoms with Gasteiger partial charge in [-0.15, -0.1) is 0 Å². The van der Waals surface area contributed by atoms with Crippen LogP contribution in [0.5, 0.6) is 0 Å². The van der Waals surface area contributed by atoms with E-state index in [1.165, 1.54) is 0 Å². The van der Waals surface area contributed by atoms with Crippen LogP contribution in [0.3, 0.4) is 0 Å². The van der Waals surface area contributed by atoms with Gasteiger partial charge >= 0.3 is 0 Å². The lowest BCUT2D eigenvalue weighted by atomic mass is 10.0. The van der Waals surface area contributed by atoms with Gasteiger partial charge in [-0.3, -0.25) is 4.79 Å². The van der Waals surface area contributed by atoms with Crippen molar-refractivity contribution in [3.05, 3.63) is 35.9 Å². The SMILES string of the molecule is CC(CCO)CNC(=O)CCC(N)c1ccccc1. The lowest BCUT2D eigenvalue weighted by Crippen LogP contribution is -2.29. The Kier molecular flexibility index (Phi) is 7.15. The number of nitrogens with one attached hydrogen (secondary N) is 1. The zero-order chi connectivity index (χ0) is 14.1. The first-order valence-electron chi connectivity index (χ1n) is 6.81. The molecule has 0 aliphatic rings. The van der Waals surface area contributed by atoms with Crippen LogP contribution in [0.1, 0.15) is 37.8 Å². The molecular weight excluding hydrogens is 240 g/mol. The smallest absolute Gasteiger partial charge is 0.220 e. The fourth-order valence-electron chi connectivity index (χ4n) is 1.85. The second kappa shape index (κ2) is 8.67. The Hall–Kier alpha value is -1.39. The van der Waals surface area contributed by atoms with Gasteiger partial charge < -0.3 is 16.2 Å². The van der Waals surface area contributed by atoms with Crippen LogP contribution in [0.2, 0.25) is 0 Å². The van der Waals surface area contributed by atoms with E-state index in [0.717, 1.165) is 5.56 Å². The van der Waals surface area contributed by atoms with Crippen LogP contribution in [0.4, 0.5) is 0 Å². The van der Waals surface area contributed by atoms with E-state index < -0.39 is 0 Å². The third kappa shape index (κ3) is 6.36.